The lowest BCUT2D eigenvalue weighted by molar-refractivity contribution is 0.316. The van der Waals surface area contributed by atoms with E-state index in [1.54, 1.807) is 0 Å². The smallest absolute Gasteiger partial charge is 0.106 e. The number of hydrogen-bond donors (Lipinski definition) is 1. The Morgan fingerprint density at radius 3 is 3.00 bits per heavy atom. The predicted octanol–water partition coefficient (Wildman–Crippen LogP) is 3.47. The molecule has 0 bridgehead atoms. The second kappa shape index (κ2) is 6.01. The molecule has 1 fully saturated rings. The van der Waals surface area contributed by atoms with Crippen LogP contribution < -0.4 is 5.32 Å². The van der Waals surface area contributed by atoms with Crippen molar-refractivity contribution in [1.82, 2.24) is 14.9 Å². The lowest BCUT2D eigenvalue weighted by Gasteiger charge is -2.35. The van der Waals surface area contributed by atoms with Gasteiger partial charge in [-0.05, 0) is 36.6 Å². The summed E-state index contributed by atoms with van der Waals surface area (Å²) in [4.78, 5) is 4.63. The first kappa shape index (κ1) is 14.9. The monoisotopic (exact) mass is 303 g/mol. The van der Waals surface area contributed by atoms with Crippen molar-refractivity contribution in [3.05, 3.63) is 30.1 Å². The molecule has 1 saturated heterocycles. The van der Waals surface area contributed by atoms with E-state index in [2.05, 4.69) is 71.7 Å². The fourth-order valence-corrected chi connectivity index (χ4v) is 4.56. The number of thioether (sulfide) groups is 1. The first-order chi connectivity index (χ1) is 10.1. The van der Waals surface area contributed by atoms with Crippen LogP contribution in [0.25, 0.3) is 11.0 Å². The molecule has 1 N–H and O–H groups in total. The highest BCUT2D eigenvalue weighted by Crippen LogP contribution is 2.33. The lowest BCUT2D eigenvalue weighted by atomic mass is 9.88. The highest BCUT2D eigenvalue weighted by Gasteiger charge is 2.27. The third kappa shape index (κ3) is 3.43. The van der Waals surface area contributed by atoms with E-state index < -0.39 is 0 Å². The number of aromatic nitrogens is 2. The van der Waals surface area contributed by atoms with Gasteiger partial charge in [0.15, 0.2) is 0 Å². The summed E-state index contributed by atoms with van der Waals surface area (Å²) >= 11 is 2.08. The van der Waals surface area contributed by atoms with Gasteiger partial charge in [-0.15, -0.1) is 0 Å². The number of aryl methyl sites for hydroxylation is 1. The van der Waals surface area contributed by atoms with Crippen molar-refractivity contribution in [3.8, 4) is 0 Å². The Morgan fingerprint density at radius 1 is 1.38 bits per heavy atom. The normalized spacial score (nSPS) is 21.8. The summed E-state index contributed by atoms with van der Waals surface area (Å²) in [6, 6.07) is 9.04. The van der Waals surface area contributed by atoms with Crippen LogP contribution in [0.15, 0.2) is 24.3 Å². The minimum absolute atomic E-state index is 0.470. The molecule has 1 aliphatic heterocycles. The summed E-state index contributed by atoms with van der Waals surface area (Å²) in [5.41, 5.74) is 2.82. The van der Waals surface area contributed by atoms with Crippen LogP contribution in [0.1, 0.15) is 26.1 Å². The van der Waals surface area contributed by atoms with Gasteiger partial charge in [0.1, 0.15) is 5.82 Å². The summed E-state index contributed by atoms with van der Waals surface area (Å²) < 4.78 is 2.32. The van der Waals surface area contributed by atoms with Crippen LogP contribution in [0.5, 0.6) is 0 Å². The predicted molar refractivity (Wildman–Crippen MR) is 92.0 cm³/mol. The van der Waals surface area contributed by atoms with Crippen LogP contribution in [-0.4, -0.2) is 33.6 Å². The van der Waals surface area contributed by atoms with Crippen molar-refractivity contribution >= 4 is 22.8 Å². The van der Waals surface area contributed by atoms with Gasteiger partial charge < -0.3 is 9.88 Å². The van der Waals surface area contributed by atoms with E-state index in [0.29, 0.717) is 11.5 Å². The third-order valence-corrected chi connectivity index (χ3v) is 5.85. The third-order valence-electron chi connectivity index (χ3n) is 4.22. The second-order valence-corrected chi connectivity index (χ2v) is 7.86. The molecule has 1 aromatic carbocycles. The molecule has 0 saturated carbocycles. The van der Waals surface area contributed by atoms with E-state index in [9.17, 15) is 0 Å². The number of benzene rings is 1. The zero-order valence-electron chi connectivity index (χ0n) is 13.2. The van der Waals surface area contributed by atoms with Gasteiger partial charge in [-0.3, -0.25) is 0 Å². The minimum Gasteiger partial charge on any atom is -0.327 e. The van der Waals surface area contributed by atoms with Crippen molar-refractivity contribution in [2.45, 2.75) is 39.8 Å². The number of imidazole rings is 1. The maximum Gasteiger partial charge on any atom is 0.106 e. The maximum absolute atomic E-state index is 4.63. The SMILES string of the molecule is Cc1nc2ccccc2n1CCNC1CSCC(C)(C)C1. The van der Waals surface area contributed by atoms with Gasteiger partial charge in [0.25, 0.3) is 0 Å². The molecular formula is C17H25N3S. The number of fused-ring (bicyclic) bond motifs is 1. The Kier molecular flexibility index (Phi) is 4.27. The van der Waals surface area contributed by atoms with Crippen LogP contribution in [0, 0.1) is 12.3 Å². The van der Waals surface area contributed by atoms with Crippen LogP contribution in [-0.2, 0) is 6.54 Å². The number of nitrogens with one attached hydrogen (secondary N) is 1. The first-order valence-electron chi connectivity index (χ1n) is 7.78. The van der Waals surface area contributed by atoms with E-state index >= 15 is 0 Å². The number of nitrogens with zero attached hydrogens (tertiary/aromatic N) is 2. The van der Waals surface area contributed by atoms with Gasteiger partial charge in [-0.2, -0.15) is 11.8 Å². The average molecular weight is 303 g/mol. The minimum atomic E-state index is 0.470. The van der Waals surface area contributed by atoms with Crippen molar-refractivity contribution in [1.29, 1.82) is 0 Å². The van der Waals surface area contributed by atoms with Gasteiger partial charge in [-0.25, -0.2) is 4.98 Å². The van der Waals surface area contributed by atoms with Crippen molar-refractivity contribution in [3.63, 3.8) is 0 Å². The fourth-order valence-electron chi connectivity index (χ4n) is 3.25. The molecule has 0 radical (unpaired) electrons. The van der Waals surface area contributed by atoms with Gasteiger partial charge in [0, 0.05) is 24.9 Å². The zero-order chi connectivity index (χ0) is 14.9. The quantitative estimate of drug-likeness (QED) is 0.938. The van der Waals surface area contributed by atoms with Crippen LogP contribution in [0.4, 0.5) is 0 Å². The van der Waals surface area contributed by atoms with E-state index in [0.717, 1.165) is 24.4 Å². The van der Waals surface area contributed by atoms with Crippen LogP contribution in [0.3, 0.4) is 0 Å². The summed E-state index contributed by atoms with van der Waals surface area (Å²) in [6.07, 6.45) is 1.28. The Labute approximate surface area is 131 Å². The molecule has 0 amide bonds. The molecule has 3 nitrogen and oxygen atoms in total. The van der Waals surface area contributed by atoms with E-state index in [1.807, 2.05) is 0 Å². The molecular weight excluding hydrogens is 278 g/mol. The maximum atomic E-state index is 4.63. The van der Waals surface area contributed by atoms with Crippen LogP contribution >= 0.6 is 11.8 Å². The second-order valence-electron chi connectivity index (χ2n) is 6.83. The Bertz CT molecular complexity index is 618. The van der Waals surface area contributed by atoms with Gasteiger partial charge in [0.2, 0.25) is 0 Å². The van der Waals surface area contributed by atoms with E-state index in [-0.39, 0.29) is 0 Å². The molecule has 1 unspecified atom stereocenters. The number of para-hydroxylation sites is 2. The molecule has 21 heavy (non-hydrogen) atoms. The highest BCUT2D eigenvalue weighted by molar-refractivity contribution is 7.99. The Hall–Kier alpha value is -1.00. The molecule has 114 valence electrons. The number of rotatable bonds is 4. The Morgan fingerprint density at radius 2 is 2.19 bits per heavy atom. The topological polar surface area (TPSA) is 29.9 Å². The molecule has 0 aliphatic carbocycles. The molecule has 3 rings (SSSR count). The van der Waals surface area contributed by atoms with E-state index in [4.69, 9.17) is 0 Å². The Balaban J connectivity index is 1.61. The molecule has 1 aromatic heterocycles. The molecule has 2 heterocycles. The summed E-state index contributed by atoms with van der Waals surface area (Å²) in [7, 11) is 0. The molecule has 1 aliphatic rings. The highest BCUT2D eigenvalue weighted by atomic mass is 32.2. The van der Waals surface area contributed by atoms with E-state index in [1.165, 1.54) is 23.4 Å². The summed E-state index contributed by atoms with van der Waals surface area (Å²) in [5, 5.41) is 3.74. The molecule has 2 aromatic rings. The zero-order valence-corrected chi connectivity index (χ0v) is 14.0. The van der Waals surface area contributed by atoms with Crippen molar-refractivity contribution in [2.75, 3.05) is 18.1 Å². The fraction of sp³-hybridized carbons (Fsp3) is 0.588. The van der Waals surface area contributed by atoms with Gasteiger partial charge in [0.05, 0.1) is 11.0 Å². The largest absolute Gasteiger partial charge is 0.327 e. The average Bonchev–Trinajstić information content (AvgIpc) is 2.74. The van der Waals surface area contributed by atoms with Crippen molar-refractivity contribution < 1.29 is 0 Å². The van der Waals surface area contributed by atoms with Gasteiger partial charge in [-0.1, -0.05) is 26.0 Å². The van der Waals surface area contributed by atoms with Crippen molar-refractivity contribution in [2.24, 2.45) is 5.41 Å². The lowest BCUT2D eigenvalue weighted by Crippen LogP contribution is -2.41. The molecule has 4 heteroatoms. The van der Waals surface area contributed by atoms with Gasteiger partial charge >= 0.3 is 0 Å². The standard InChI is InChI=1S/C17H25N3S/c1-13-19-15-6-4-5-7-16(15)20(13)9-8-18-14-10-17(2,3)12-21-11-14/h4-7,14,18H,8-12H2,1-3H3. The number of hydrogen-bond acceptors (Lipinski definition) is 3. The molecule has 1 atom stereocenters. The summed E-state index contributed by atoms with van der Waals surface area (Å²) in [5.74, 6) is 3.64. The molecule has 0 spiro atoms. The van der Waals surface area contributed by atoms with Crippen LogP contribution in [0.2, 0.25) is 0 Å². The first-order valence-corrected chi connectivity index (χ1v) is 8.94. The summed E-state index contributed by atoms with van der Waals surface area (Å²) in [6.45, 7) is 8.86.